The minimum atomic E-state index is -0.561. The molecular weight excluding hydrogens is 344 g/mol. The summed E-state index contributed by atoms with van der Waals surface area (Å²) < 4.78 is 0. The highest BCUT2D eigenvalue weighted by atomic mass is 16.2. The van der Waals surface area contributed by atoms with E-state index in [1.165, 1.54) is 0 Å². The van der Waals surface area contributed by atoms with Crippen molar-refractivity contribution >= 4 is 17.7 Å². The number of piperidine rings is 1. The molecule has 2 atom stereocenters. The molecule has 0 aromatic heterocycles. The summed E-state index contributed by atoms with van der Waals surface area (Å²) in [6.45, 7) is 7.64. The summed E-state index contributed by atoms with van der Waals surface area (Å²) in [5, 5.41) is 9.37. The third kappa shape index (κ3) is 3.37. The minimum Gasteiger partial charge on any atom is -0.322 e. The summed E-state index contributed by atoms with van der Waals surface area (Å²) >= 11 is 0. The summed E-state index contributed by atoms with van der Waals surface area (Å²) in [5.74, 6) is -0.761. The van der Waals surface area contributed by atoms with Crippen molar-refractivity contribution in [1.82, 2.24) is 20.9 Å². The van der Waals surface area contributed by atoms with Gasteiger partial charge in [-0.3, -0.25) is 19.7 Å². The first kappa shape index (κ1) is 18.1. The van der Waals surface area contributed by atoms with Gasteiger partial charge in [-0.05, 0) is 29.0 Å². The first-order valence-electron chi connectivity index (χ1n) is 9.56. The number of imide groups is 1. The van der Waals surface area contributed by atoms with Crippen LogP contribution in [0.3, 0.4) is 0 Å². The lowest BCUT2D eigenvalue weighted by Crippen LogP contribution is -2.52. The van der Waals surface area contributed by atoms with Gasteiger partial charge < -0.3 is 15.5 Å². The normalized spacial score (nSPS) is 27.0. The van der Waals surface area contributed by atoms with Crippen molar-refractivity contribution in [2.45, 2.75) is 51.9 Å². The molecule has 3 aliphatic heterocycles. The van der Waals surface area contributed by atoms with E-state index in [0.29, 0.717) is 24.6 Å². The molecule has 7 nitrogen and oxygen atoms in total. The molecule has 2 saturated heterocycles. The van der Waals surface area contributed by atoms with Crippen LogP contribution in [0, 0.1) is 5.41 Å². The Bertz CT molecular complexity index is 804. The average molecular weight is 370 g/mol. The first-order chi connectivity index (χ1) is 12.8. The Labute approximate surface area is 158 Å². The largest absolute Gasteiger partial charge is 0.322 e. The van der Waals surface area contributed by atoms with Gasteiger partial charge in [0, 0.05) is 44.2 Å². The van der Waals surface area contributed by atoms with Crippen LogP contribution >= 0.6 is 0 Å². The molecule has 0 radical (unpaired) electrons. The van der Waals surface area contributed by atoms with Crippen LogP contribution in [0.15, 0.2) is 18.2 Å². The highest BCUT2D eigenvalue weighted by Crippen LogP contribution is 2.29. The number of rotatable bonds is 4. The number of benzene rings is 1. The van der Waals surface area contributed by atoms with Crippen LogP contribution in [-0.2, 0) is 22.7 Å². The van der Waals surface area contributed by atoms with Crippen molar-refractivity contribution < 1.29 is 14.4 Å². The van der Waals surface area contributed by atoms with E-state index in [2.05, 4.69) is 35.9 Å². The number of amides is 3. The van der Waals surface area contributed by atoms with E-state index in [9.17, 15) is 14.4 Å². The van der Waals surface area contributed by atoms with Crippen molar-refractivity contribution in [2.24, 2.45) is 5.41 Å². The van der Waals surface area contributed by atoms with Gasteiger partial charge in [-0.25, -0.2) is 0 Å². The third-order valence-corrected chi connectivity index (χ3v) is 6.01. The molecule has 7 heteroatoms. The van der Waals surface area contributed by atoms with Crippen molar-refractivity contribution in [3.05, 3.63) is 34.9 Å². The Balaban J connectivity index is 1.45. The fourth-order valence-corrected chi connectivity index (χ4v) is 4.27. The second-order valence-electron chi connectivity index (χ2n) is 8.44. The quantitative estimate of drug-likeness (QED) is 0.673. The smallest absolute Gasteiger partial charge is 0.255 e. The number of nitrogens with zero attached hydrogens (tertiary/aromatic N) is 1. The summed E-state index contributed by atoms with van der Waals surface area (Å²) in [7, 11) is 0. The van der Waals surface area contributed by atoms with Crippen LogP contribution in [0.4, 0.5) is 0 Å². The van der Waals surface area contributed by atoms with Gasteiger partial charge in [0.2, 0.25) is 11.8 Å². The molecule has 0 aliphatic carbocycles. The number of carbonyl (C=O) groups is 3. The van der Waals surface area contributed by atoms with E-state index < -0.39 is 6.04 Å². The summed E-state index contributed by atoms with van der Waals surface area (Å²) in [4.78, 5) is 37.8. The molecule has 1 aromatic rings. The van der Waals surface area contributed by atoms with Crippen LogP contribution in [-0.4, -0.2) is 47.8 Å². The van der Waals surface area contributed by atoms with Gasteiger partial charge in [0.15, 0.2) is 0 Å². The lowest BCUT2D eigenvalue weighted by atomic mass is 9.88. The van der Waals surface area contributed by atoms with Gasteiger partial charge in [0.1, 0.15) is 6.04 Å². The molecule has 144 valence electrons. The van der Waals surface area contributed by atoms with Gasteiger partial charge in [0.05, 0.1) is 0 Å². The van der Waals surface area contributed by atoms with Gasteiger partial charge in [-0.15, -0.1) is 0 Å². The Hall–Kier alpha value is -2.25. The zero-order chi connectivity index (χ0) is 19.2. The van der Waals surface area contributed by atoms with Gasteiger partial charge >= 0.3 is 0 Å². The fraction of sp³-hybridized carbons (Fsp3) is 0.550. The van der Waals surface area contributed by atoms with Gasteiger partial charge in [-0.1, -0.05) is 26.0 Å². The van der Waals surface area contributed by atoms with Crippen LogP contribution in [0.1, 0.15) is 48.2 Å². The van der Waals surface area contributed by atoms with E-state index in [1.807, 2.05) is 12.1 Å². The molecule has 27 heavy (non-hydrogen) atoms. The lowest BCUT2D eigenvalue weighted by Gasteiger charge is -2.29. The average Bonchev–Trinajstić information content (AvgIpc) is 3.12. The number of carbonyl (C=O) groups excluding carboxylic acids is 3. The number of hydrogen-bond donors (Lipinski definition) is 3. The first-order valence-corrected chi connectivity index (χ1v) is 9.56. The highest BCUT2D eigenvalue weighted by molar-refractivity contribution is 6.05. The predicted octanol–water partition coefficient (Wildman–Crippen LogP) is 0.535. The third-order valence-electron chi connectivity index (χ3n) is 6.01. The van der Waals surface area contributed by atoms with E-state index in [-0.39, 0.29) is 29.6 Å². The standard InChI is InChI=1S/C20H26N4O3/c1-20(2)11-21-9-16(20)22-8-12-3-4-14-13(7-12)10-24(19(14)27)15-5-6-17(25)23-18(15)26/h3-4,7,15-16,21-22H,5-6,8-11H2,1-2H3,(H,23,25,26). The van der Waals surface area contributed by atoms with E-state index in [4.69, 9.17) is 0 Å². The Kier molecular flexibility index (Phi) is 4.52. The zero-order valence-corrected chi connectivity index (χ0v) is 15.8. The topological polar surface area (TPSA) is 90.5 Å². The maximum atomic E-state index is 12.7. The maximum absolute atomic E-state index is 12.7. The van der Waals surface area contributed by atoms with Crippen molar-refractivity contribution in [2.75, 3.05) is 13.1 Å². The van der Waals surface area contributed by atoms with E-state index >= 15 is 0 Å². The molecule has 3 N–H and O–H groups in total. The van der Waals surface area contributed by atoms with E-state index in [0.717, 1.165) is 30.8 Å². The van der Waals surface area contributed by atoms with Crippen molar-refractivity contribution in [3.63, 3.8) is 0 Å². The molecular formula is C20H26N4O3. The Morgan fingerprint density at radius 2 is 2.07 bits per heavy atom. The number of nitrogens with one attached hydrogen (secondary N) is 3. The molecule has 0 saturated carbocycles. The number of fused-ring (bicyclic) bond motifs is 1. The molecule has 4 rings (SSSR count). The molecule has 2 fully saturated rings. The molecule has 1 aromatic carbocycles. The van der Waals surface area contributed by atoms with Crippen LogP contribution in [0.2, 0.25) is 0 Å². The van der Waals surface area contributed by atoms with Crippen LogP contribution in [0.25, 0.3) is 0 Å². The number of hydrogen-bond acceptors (Lipinski definition) is 5. The SMILES string of the molecule is CC1(C)CNCC1NCc1ccc2c(c1)CN(C1CCC(=O)NC1=O)C2=O. The highest BCUT2D eigenvalue weighted by Gasteiger charge is 2.39. The molecule has 0 spiro atoms. The van der Waals surface area contributed by atoms with Gasteiger partial charge in [-0.2, -0.15) is 0 Å². The minimum absolute atomic E-state index is 0.125. The van der Waals surface area contributed by atoms with E-state index in [1.54, 1.807) is 4.90 Å². The van der Waals surface area contributed by atoms with Crippen molar-refractivity contribution in [1.29, 1.82) is 0 Å². The molecule has 0 bridgehead atoms. The molecule has 3 amide bonds. The molecule has 3 heterocycles. The zero-order valence-electron chi connectivity index (χ0n) is 15.8. The Morgan fingerprint density at radius 1 is 1.26 bits per heavy atom. The maximum Gasteiger partial charge on any atom is 0.255 e. The second-order valence-corrected chi connectivity index (χ2v) is 8.44. The lowest BCUT2D eigenvalue weighted by molar-refractivity contribution is -0.136. The summed E-state index contributed by atoms with van der Waals surface area (Å²) in [5.41, 5.74) is 2.96. The van der Waals surface area contributed by atoms with Crippen LogP contribution in [0.5, 0.6) is 0 Å². The summed E-state index contributed by atoms with van der Waals surface area (Å²) in [6, 6.07) is 5.74. The molecule has 3 aliphatic rings. The monoisotopic (exact) mass is 370 g/mol. The van der Waals surface area contributed by atoms with Crippen LogP contribution < -0.4 is 16.0 Å². The summed E-state index contributed by atoms with van der Waals surface area (Å²) in [6.07, 6.45) is 0.666. The Morgan fingerprint density at radius 3 is 2.78 bits per heavy atom. The predicted molar refractivity (Wildman–Crippen MR) is 99.8 cm³/mol. The van der Waals surface area contributed by atoms with Gasteiger partial charge in [0.25, 0.3) is 5.91 Å². The van der Waals surface area contributed by atoms with Crippen molar-refractivity contribution in [3.8, 4) is 0 Å². The fourth-order valence-electron chi connectivity index (χ4n) is 4.27. The second kappa shape index (κ2) is 6.73. The molecule has 2 unspecified atom stereocenters.